The van der Waals surface area contributed by atoms with Crippen molar-refractivity contribution in [2.45, 2.75) is 39.2 Å². The van der Waals surface area contributed by atoms with Crippen LogP contribution in [0.2, 0.25) is 0 Å². The molecule has 0 rings (SSSR count). The molecule has 0 aromatic rings. The summed E-state index contributed by atoms with van der Waals surface area (Å²) in [6, 6.07) is 0.0385. The lowest BCUT2D eigenvalue weighted by Crippen LogP contribution is -2.23. The summed E-state index contributed by atoms with van der Waals surface area (Å²) >= 11 is 0. The molecule has 4 heteroatoms. The van der Waals surface area contributed by atoms with Crippen LogP contribution < -0.4 is 5.73 Å². The van der Waals surface area contributed by atoms with Crippen molar-refractivity contribution in [2.24, 2.45) is 5.73 Å². The molecular formula is C8H19NO2S. The molecular weight excluding hydrogens is 174 g/mol. The zero-order valence-corrected chi connectivity index (χ0v) is 8.73. The first-order chi connectivity index (χ1) is 5.52. The zero-order valence-electron chi connectivity index (χ0n) is 7.91. The van der Waals surface area contributed by atoms with E-state index in [0.29, 0.717) is 18.6 Å². The molecule has 0 aliphatic rings. The predicted molar refractivity (Wildman–Crippen MR) is 51.8 cm³/mol. The first-order valence-corrected chi connectivity index (χ1v) is 6.30. The van der Waals surface area contributed by atoms with Crippen molar-refractivity contribution in [3.8, 4) is 0 Å². The van der Waals surface area contributed by atoms with Crippen LogP contribution in [0.5, 0.6) is 0 Å². The molecule has 0 saturated carbocycles. The second kappa shape index (κ2) is 5.54. The summed E-state index contributed by atoms with van der Waals surface area (Å²) < 4.78 is 22.4. The first-order valence-electron chi connectivity index (χ1n) is 4.47. The highest BCUT2D eigenvalue weighted by atomic mass is 32.2. The number of hydrogen-bond acceptors (Lipinski definition) is 3. The average molecular weight is 193 g/mol. The van der Waals surface area contributed by atoms with Gasteiger partial charge in [0.1, 0.15) is 9.84 Å². The fourth-order valence-corrected chi connectivity index (χ4v) is 2.44. The second-order valence-electron chi connectivity index (χ2n) is 3.11. The molecule has 0 radical (unpaired) electrons. The van der Waals surface area contributed by atoms with Gasteiger partial charge in [-0.3, -0.25) is 0 Å². The van der Waals surface area contributed by atoms with Crippen LogP contribution >= 0.6 is 0 Å². The van der Waals surface area contributed by atoms with Gasteiger partial charge in [0.25, 0.3) is 0 Å². The highest BCUT2D eigenvalue weighted by Crippen LogP contribution is 2.00. The number of sulfone groups is 1. The third-order valence-electron chi connectivity index (χ3n) is 1.84. The topological polar surface area (TPSA) is 60.2 Å². The minimum atomic E-state index is -2.82. The van der Waals surface area contributed by atoms with Crippen molar-refractivity contribution >= 4 is 9.84 Å². The van der Waals surface area contributed by atoms with Crippen LogP contribution in [-0.2, 0) is 9.84 Å². The van der Waals surface area contributed by atoms with E-state index in [1.807, 2.05) is 13.8 Å². The zero-order chi connectivity index (χ0) is 9.61. The van der Waals surface area contributed by atoms with Gasteiger partial charge in [-0.25, -0.2) is 8.42 Å². The van der Waals surface area contributed by atoms with Gasteiger partial charge < -0.3 is 5.73 Å². The van der Waals surface area contributed by atoms with E-state index in [-0.39, 0.29) is 11.8 Å². The fourth-order valence-electron chi connectivity index (χ4n) is 0.948. The van der Waals surface area contributed by atoms with Crippen molar-refractivity contribution in [1.29, 1.82) is 0 Å². The molecule has 0 aliphatic carbocycles. The standard InChI is InChI=1S/C8H19NO2S/c1-3-6-12(10,11)7-5-8(9)4-2/h8H,3-7,9H2,1-2H3. The Labute approximate surface area is 75.3 Å². The lowest BCUT2D eigenvalue weighted by molar-refractivity contribution is 0.576. The molecule has 0 spiro atoms. The summed E-state index contributed by atoms with van der Waals surface area (Å²) in [5.41, 5.74) is 5.61. The van der Waals surface area contributed by atoms with Crippen LogP contribution in [0.3, 0.4) is 0 Å². The maximum Gasteiger partial charge on any atom is 0.150 e. The minimum absolute atomic E-state index is 0.0385. The molecule has 74 valence electrons. The number of rotatable bonds is 6. The van der Waals surface area contributed by atoms with E-state index in [0.717, 1.165) is 6.42 Å². The minimum Gasteiger partial charge on any atom is -0.328 e. The Bertz CT molecular complexity index is 199. The van der Waals surface area contributed by atoms with Crippen LogP contribution in [0.25, 0.3) is 0 Å². The second-order valence-corrected chi connectivity index (χ2v) is 5.41. The Morgan fingerprint density at radius 1 is 1.25 bits per heavy atom. The molecule has 1 unspecified atom stereocenters. The normalized spacial score (nSPS) is 14.6. The molecule has 0 aliphatic heterocycles. The summed E-state index contributed by atoms with van der Waals surface area (Å²) in [6.07, 6.45) is 2.14. The van der Waals surface area contributed by atoms with Gasteiger partial charge in [-0.05, 0) is 19.3 Å². The summed E-state index contributed by atoms with van der Waals surface area (Å²) in [5.74, 6) is 0.541. The van der Waals surface area contributed by atoms with Crippen LogP contribution in [-0.4, -0.2) is 26.0 Å². The molecule has 1 atom stereocenters. The molecule has 0 amide bonds. The third-order valence-corrected chi connectivity index (χ3v) is 3.73. The Hall–Kier alpha value is -0.0900. The summed E-state index contributed by atoms with van der Waals surface area (Å²) in [7, 11) is -2.82. The van der Waals surface area contributed by atoms with Gasteiger partial charge in [0, 0.05) is 11.8 Å². The Morgan fingerprint density at radius 2 is 1.83 bits per heavy atom. The Morgan fingerprint density at radius 3 is 2.25 bits per heavy atom. The van der Waals surface area contributed by atoms with E-state index < -0.39 is 9.84 Å². The van der Waals surface area contributed by atoms with E-state index >= 15 is 0 Å². The molecule has 0 saturated heterocycles. The molecule has 0 heterocycles. The van der Waals surface area contributed by atoms with E-state index in [4.69, 9.17) is 5.73 Å². The molecule has 0 aromatic carbocycles. The lowest BCUT2D eigenvalue weighted by atomic mass is 10.2. The molecule has 0 bridgehead atoms. The van der Waals surface area contributed by atoms with Gasteiger partial charge in [0.2, 0.25) is 0 Å². The molecule has 0 fully saturated rings. The molecule has 12 heavy (non-hydrogen) atoms. The van der Waals surface area contributed by atoms with Crippen LogP contribution in [0.1, 0.15) is 33.1 Å². The molecule has 2 N–H and O–H groups in total. The van der Waals surface area contributed by atoms with Gasteiger partial charge >= 0.3 is 0 Å². The van der Waals surface area contributed by atoms with Crippen LogP contribution in [0.4, 0.5) is 0 Å². The van der Waals surface area contributed by atoms with Crippen LogP contribution in [0.15, 0.2) is 0 Å². The number of hydrogen-bond donors (Lipinski definition) is 1. The van der Waals surface area contributed by atoms with Crippen LogP contribution in [0, 0.1) is 0 Å². The monoisotopic (exact) mass is 193 g/mol. The van der Waals surface area contributed by atoms with Crippen molar-refractivity contribution in [2.75, 3.05) is 11.5 Å². The Balaban J connectivity index is 3.76. The predicted octanol–water partition coefficient (Wildman–Crippen LogP) is 0.939. The van der Waals surface area contributed by atoms with Crippen molar-refractivity contribution < 1.29 is 8.42 Å². The van der Waals surface area contributed by atoms with E-state index in [2.05, 4.69) is 0 Å². The quantitative estimate of drug-likeness (QED) is 0.683. The Kier molecular flexibility index (Phi) is 5.50. The van der Waals surface area contributed by atoms with Crippen molar-refractivity contribution in [3.05, 3.63) is 0 Å². The number of nitrogens with two attached hydrogens (primary N) is 1. The third kappa shape index (κ3) is 5.55. The highest BCUT2D eigenvalue weighted by Gasteiger charge is 2.10. The van der Waals surface area contributed by atoms with E-state index in [1.165, 1.54) is 0 Å². The van der Waals surface area contributed by atoms with Gasteiger partial charge in [-0.2, -0.15) is 0 Å². The van der Waals surface area contributed by atoms with E-state index in [1.54, 1.807) is 0 Å². The van der Waals surface area contributed by atoms with Crippen molar-refractivity contribution in [3.63, 3.8) is 0 Å². The molecule has 0 aromatic heterocycles. The SMILES string of the molecule is CCCS(=O)(=O)CCC(N)CC. The average Bonchev–Trinajstić information content (AvgIpc) is 2.00. The highest BCUT2D eigenvalue weighted by molar-refractivity contribution is 7.91. The maximum absolute atomic E-state index is 11.2. The lowest BCUT2D eigenvalue weighted by Gasteiger charge is -2.07. The van der Waals surface area contributed by atoms with Crippen molar-refractivity contribution in [1.82, 2.24) is 0 Å². The summed E-state index contributed by atoms with van der Waals surface area (Å²) in [6.45, 7) is 3.84. The molecule has 3 nitrogen and oxygen atoms in total. The summed E-state index contributed by atoms with van der Waals surface area (Å²) in [4.78, 5) is 0. The largest absolute Gasteiger partial charge is 0.328 e. The summed E-state index contributed by atoms with van der Waals surface area (Å²) in [5, 5.41) is 0. The van der Waals surface area contributed by atoms with Gasteiger partial charge in [0.05, 0.1) is 5.75 Å². The van der Waals surface area contributed by atoms with Gasteiger partial charge in [-0.1, -0.05) is 13.8 Å². The first kappa shape index (κ1) is 11.9. The van der Waals surface area contributed by atoms with E-state index in [9.17, 15) is 8.42 Å². The fraction of sp³-hybridized carbons (Fsp3) is 1.00. The van der Waals surface area contributed by atoms with Gasteiger partial charge in [0.15, 0.2) is 0 Å². The van der Waals surface area contributed by atoms with Gasteiger partial charge in [-0.15, -0.1) is 0 Å². The smallest absolute Gasteiger partial charge is 0.150 e. The maximum atomic E-state index is 11.2.